The summed E-state index contributed by atoms with van der Waals surface area (Å²) in [4.78, 5) is 19.0. The molecule has 3 aromatic rings. The molecule has 0 fully saturated rings. The average molecular weight is 341 g/mol. The van der Waals surface area contributed by atoms with E-state index in [0.29, 0.717) is 22.2 Å². The highest BCUT2D eigenvalue weighted by atomic mass is 32.2. The lowest BCUT2D eigenvalue weighted by Crippen LogP contribution is -2.41. The summed E-state index contributed by atoms with van der Waals surface area (Å²) in [5.74, 6) is -0.545. The van der Waals surface area contributed by atoms with Crippen LogP contribution in [0.2, 0.25) is 0 Å². The molecule has 0 saturated carbocycles. The molecular formula is C17H15N3O3S. The lowest BCUT2D eigenvalue weighted by molar-refractivity contribution is 0.0947. The number of hydrazine groups is 1. The molecule has 122 valence electrons. The first-order chi connectivity index (χ1) is 11.4. The molecule has 0 saturated heterocycles. The van der Waals surface area contributed by atoms with Gasteiger partial charge in [-0.15, -0.1) is 4.83 Å². The predicted octanol–water partition coefficient (Wildman–Crippen LogP) is 2.10. The standard InChI is InChI=1S/C17H15N3O3S/c1-24(22,23)20-19-17(21)14-11-16(12-7-3-2-4-8-12)18-15-10-6-5-9-13(14)15/h2-11,20H,1H3,(H,19,21). The van der Waals surface area contributed by atoms with E-state index in [0.717, 1.165) is 11.8 Å². The molecule has 0 aliphatic rings. The summed E-state index contributed by atoms with van der Waals surface area (Å²) in [7, 11) is -3.54. The lowest BCUT2D eigenvalue weighted by Gasteiger charge is -2.10. The second-order valence-electron chi connectivity index (χ2n) is 5.27. The molecule has 24 heavy (non-hydrogen) atoms. The molecule has 1 aromatic heterocycles. The van der Waals surface area contributed by atoms with E-state index in [1.165, 1.54) is 0 Å². The number of nitrogens with zero attached hydrogens (tertiary/aromatic N) is 1. The van der Waals surface area contributed by atoms with Crippen LogP contribution in [-0.2, 0) is 10.0 Å². The summed E-state index contributed by atoms with van der Waals surface area (Å²) in [5.41, 5.74) is 4.71. The van der Waals surface area contributed by atoms with Crippen molar-refractivity contribution < 1.29 is 13.2 Å². The van der Waals surface area contributed by atoms with E-state index in [1.807, 2.05) is 47.3 Å². The van der Waals surface area contributed by atoms with Gasteiger partial charge in [0.05, 0.1) is 23.0 Å². The molecule has 0 bridgehead atoms. The molecular weight excluding hydrogens is 326 g/mol. The fourth-order valence-corrected chi connectivity index (χ4v) is 2.60. The van der Waals surface area contributed by atoms with Crippen LogP contribution in [-0.4, -0.2) is 25.6 Å². The van der Waals surface area contributed by atoms with Gasteiger partial charge in [0.15, 0.2) is 0 Å². The van der Waals surface area contributed by atoms with E-state index in [4.69, 9.17) is 0 Å². The van der Waals surface area contributed by atoms with Crippen molar-refractivity contribution in [3.63, 3.8) is 0 Å². The number of carbonyl (C=O) groups is 1. The molecule has 0 aliphatic heterocycles. The van der Waals surface area contributed by atoms with Gasteiger partial charge >= 0.3 is 0 Å². The molecule has 6 nitrogen and oxygen atoms in total. The maximum absolute atomic E-state index is 12.4. The highest BCUT2D eigenvalue weighted by Crippen LogP contribution is 2.24. The largest absolute Gasteiger partial charge is 0.274 e. The Morgan fingerprint density at radius 2 is 1.67 bits per heavy atom. The van der Waals surface area contributed by atoms with E-state index in [9.17, 15) is 13.2 Å². The molecule has 0 atom stereocenters. The number of aromatic nitrogens is 1. The Balaban J connectivity index is 2.10. The zero-order valence-corrected chi connectivity index (χ0v) is 13.7. The van der Waals surface area contributed by atoms with Crippen molar-refractivity contribution >= 4 is 26.8 Å². The van der Waals surface area contributed by atoms with E-state index in [2.05, 4.69) is 10.4 Å². The number of hydrogen-bond acceptors (Lipinski definition) is 4. The van der Waals surface area contributed by atoms with E-state index in [-0.39, 0.29) is 0 Å². The number of amides is 1. The first kappa shape index (κ1) is 16.1. The van der Waals surface area contributed by atoms with Crippen molar-refractivity contribution in [2.75, 3.05) is 6.26 Å². The number of para-hydroxylation sites is 1. The molecule has 0 unspecified atom stereocenters. The van der Waals surface area contributed by atoms with Crippen LogP contribution >= 0.6 is 0 Å². The van der Waals surface area contributed by atoms with Crippen molar-refractivity contribution in [3.8, 4) is 11.3 Å². The molecule has 1 amide bonds. The van der Waals surface area contributed by atoms with Crippen LogP contribution in [0.15, 0.2) is 60.7 Å². The minimum atomic E-state index is -3.54. The Labute approximate surface area is 139 Å². The first-order valence-corrected chi connectivity index (χ1v) is 9.05. The van der Waals surface area contributed by atoms with Gasteiger partial charge in [-0.2, -0.15) is 0 Å². The van der Waals surface area contributed by atoms with Crippen LogP contribution in [0.3, 0.4) is 0 Å². The van der Waals surface area contributed by atoms with Crippen LogP contribution in [0.4, 0.5) is 0 Å². The number of pyridine rings is 1. The second kappa shape index (κ2) is 6.38. The van der Waals surface area contributed by atoms with Gasteiger partial charge in [-0.25, -0.2) is 13.4 Å². The topological polar surface area (TPSA) is 88.2 Å². The maximum Gasteiger partial charge on any atom is 0.266 e. The average Bonchev–Trinajstić information content (AvgIpc) is 2.59. The van der Waals surface area contributed by atoms with Gasteiger partial charge in [-0.1, -0.05) is 48.5 Å². The number of hydrogen-bond donors (Lipinski definition) is 2. The third kappa shape index (κ3) is 3.58. The van der Waals surface area contributed by atoms with Gasteiger partial charge in [-0.3, -0.25) is 10.2 Å². The summed E-state index contributed by atoms with van der Waals surface area (Å²) >= 11 is 0. The van der Waals surface area contributed by atoms with Crippen LogP contribution in [0.1, 0.15) is 10.4 Å². The summed E-state index contributed by atoms with van der Waals surface area (Å²) in [6, 6.07) is 18.3. The van der Waals surface area contributed by atoms with Gasteiger partial charge in [-0.05, 0) is 12.1 Å². The number of sulfonamides is 1. The second-order valence-corrected chi connectivity index (χ2v) is 7.02. The van der Waals surface area contributed by atoms with E-state index in [1.54, 1.807) is 18.2 Å². The third-order valence-electron chi connectivity index (χ3n) is 3.38. The zero-order chi connectivity index (χ0) is 17.2. The molecule has 7 heteroatoms. The Morgan fingerprint density at radius 3 is 2.38 bits per heavy atom. The summed E-state index contributed by atoms with van der Waals surface area (Å²) < 4.78 is 22.4. The summed E-state index contributed by atoms with van der Waals surface area (Å²) in [5, 5.41) is 0.644. The van der Waals surface area contributed by atoms with Crippen LogP contribution in [0.5, 0.6) is 0 Å². The number of fused-ring (bicyclic) bond motifs is 1. The zero-order valence-electron chi connectivity index (χ0n) is 12.9. The summed E-state index contributed by atoms with van der Waals surface area (Å²) in [6.45, 7) is 0. The smallest absolute Gasteiger partial charge is 0.266 e. The SMILES string of the molecule is CS(=O)(=O)NNC(=O)c1cc(-c2ccccc2)nc2ccccc12. The Morgan fingerprint density at radius 1 is 1.00 bits per heavy atom. The normalized spacial score (nSPS) is 11.4. The highest BCUT2D eigenvalue weighted by molar-refractivity contribution is 7.88. The molecule has 3 rings (SSSR count). The number of benzene rings is 2. The minimum absolute atomic E-state index is 0.343. The molecule has 0 aliphatic carbocycles. The monoisotopic (exact) mass is 341 g/mol. The van der Waals surface area contributed by atoms with Gasteiger partial charge in [0.2, 0.25) is 10.0 Å². The van der Waals surface area contributed by atoms with Gasteiger partial charge in [0, 0.05) is 10.9 Å². The van der Waals surface area contributed by atoms with E-state index >= 15 is 0 Å². The number of carbonyl (C=O) groups excluding carboxylic acids is 1. The minimum Gasteiger partial charge on any atom is -0.274 e. The predicted molar refractivity (Wildman–Crippen MR) is 92.6 cm³/mol. The van der Waals surface area contributed by atoms with Crippen LogP contribution < -0.4 is 10.3 Å². The summed E-state index contributed by atoms with van der Waals surface area (Å²) in [6.07, 6.45) is 0.966. The number of rotatable bonds is 4. The Bertz CT molecular complexity index is 1000. The third-order valence-corrected chi connectivity index (χ3v) is 3.85. The van der Waals surface area contributed by atoms with Gasteiger partial charge < -0.3 is 0 Å². The van der Waals surface area contributed by atoms with Gasteiger partial charge in [0.25, 0.3) is 5.91 Å². The molecule has 2 aromatic carbocycles. The fourth-order valence-electron chi connectivity index (χ4n) is 2.33. The Hall–Kier alpha value is -2.77. The molecule has 1 heterocycles. The fraction of sp³-hybridized carbons (Fsp3) is 0.0588. The quantitative estimate of drug-likeness (QED) is 0.711. The molecule has 0 radical (unpaired) electrons. The Kier molecular flexibility index (Phi) is 4.28. The van der Waals surface area contributed by atoms with Crippen molar-refractivity contribution in [2.45, 2.75) is 0 Å². The van der Waals surface area contributed by atoms with Crippen LogP contribution in [0.25, 0.3) is 22.2 Å². The molecule has 2 N–H and O–H groups in total. The van der Waals surface area contributed by atoms with Crippen molar-refractivity contribution in [3.05, 3.63) is 66.2 Å². The number of nitrogens with one attached hydrogen (secondary N) is 2. The van der Waals surface area contributed by atoms with Crippen molar-refractivity contribution in [1.82, 2.24) is 15.2 Å². The van der Waals surface area contributed by atoms with E-state index < -0.39 is 15.9 Å². The van der Waals surface area contributed by atoms with Crippen molar-refractivity contribution in [2.24, 2.45) is 0 Å². The van der Waals surface area contributed by atoms with Gasteiger partial charge in [0.1, 0.15) is 0 Å². The van der Waals surface area contributed by atoms with Crippen LogP contribution in [0, 0.1) is 0 Å². The molecule has 0 spiro atoms. The first-order valence-electron chi connectivity index (χ1n) is 7.16. The van der Waals surface area contributed by atoms with Crippen molar-refractivity contribution in [1.29, 1.82) is 0 Å². The lowest BCUT2D eigenvalue weighted by atomic mass is 10.0. The highest BCUT2D eigenvalue weighted by Gasteiger charge is 2.14. The maximum atomic E-state index is 12.4.